The molecule has 5 heteroatoms. The molecule has 2 rings (SSSR count). The molecule has 0 unspecified atom stereocenters. The molecule has 0 saturated carbocycles. The molecule has 1 aliphatic rings. The van der Waals surface area contributed by atoms with E-state index in [0.29, 0.717) is 18.0 Å². The Hall–Kier alpha value is -1.75. The molecular formula is C13H18N2O3. The van der Waals surface area contributed by atoms with Crippen LogP contribution >= 0.6 is 0 Å². The molecule has 1 saturated heterocycles. The van der Waals surface area contributed by atoms with Crippen molar-refractivity contribution >= 4 is 11.6 Å². The Balaban J connectivity index is 2.02. The predicted octanol–water partition coefficient (Wildman–Crippen LogP) is 1.34. The highest BCUT2D eigenvalue weighted by Gasteiger charge is 2.21. The van der Waals surface area contributed by atoms with Crippen molar-refractivity contribution in [3.63, 3.8) is 0 Å². The van der Waals surface area contributed by atoms with E-state index in [1.54, 1.807) is 12.1 Å². The maximum atomic E-state index is 12.0. The third-order valence-electron chi connectivity index (χ3n) is 3.13. The molecule has 3 N–H and O–H groups in total. The molecule has 0 aliphatic carbocycles. The van der Waals surface area contributed by atoms with Crippen LogP contribution in [0.4, 0.5) is 5.69 Å². The molecule has 0 aromatic heterocycles. The number of carbonyl (C=O) groups excluding carboxylic acids is 1. The van der Waals surface area contributed by atoms with Crippen LogP contribution in [0.5, 0.6) is 11.5 Å². The molecule has 0 spiro atoms. The number of methoxy groups -OCH3 is 1. The van der Waals surface area contributed by atoms with Crippen molar-refractivity contribution in [2.75, 3.05) is 25.5 Å². The summed E-state index contributed by atoms with van der Waals surface area (Å²) in [5.74, 6) is 0.499. The van der Waals surface area contributed by atoms with Crippen molar-refractivity contribution in [3.8, 4) is 11.5 Å². The zero-order valence-electron chi connectivity index (χ0n) is 10.4. The van der Waals surface area contributed by atoms with Gasteiger partial charge in [0.2, 0.25) is 5.91 Å². The van der Waals surface area contributed by atoms with Gasteiger partial charge in [-0.25, -0.2) is 0 Å². The predicted molar refractivity (Wildman–Crippen MR) is 68.9 cm³/mol. The van der Waals surface area contributed by atoms with E-state index in [9.17, 15) is 9.90 Å². The Bertz CT molecular complexity index is 428. The summed E-state index contributed by atoms with van der Waals surface area (Å²) in [7, 11) is 1.53. The van der Waals surface area contributed by atoms with Gasteiger partial charge in [0.05, 0.1) is 18.7 Å². The van der Waals surface area contributed by atoms with Crippen molar-refractivity contribution in [3.05, 3.63) is 18.2 Å². The third kappa shape index (κ3) is 2.92. The molecule has 1 fully saturated rings. The summed E-state index contributed by atoms with van der Waals surface area (Å²) in [6, 6.07) is 4.82. The Morgan fingerprint density at radius 2 is 2.39 bits per heavy atom. The highest BCUT2D eigenvalue weighted by atomic mass is 16.5. The number of benzene rings is 1. The zero-order valence-corrected chi connectivity index (χ0v) is 10.4. The lowest BCUT2D eigenvalue weighted by Crippen LogP contribution is -2.37. The molecule has 0 radical (unpaired) electrons. The molecule has 18 heavy (non-hydrogen) atoms. The Labute approximate surface area is 106 Å². The quantitative estimate of drug-likeness (QED) is 0.708. The first-order valence-electron chi connectivity index (χ1n) is 6.09. The van der Waals surface area contributed by atoms with Crippen molar-refractivity contribution in [2.24, 2.45) is 5.92 Å². The van der Waals surface area contributed by atoms with Crippen molar-refractivity contribution in [1.29, 1.82) is 0 Å². The fraction of sp³-hybridized carbons (Fsp3) is 0.462. The van der Waals surface area contributed by atoms with E-state index in [1.165, 1.54) is 13.2 Å². The Morgan fingerprint density at radius 1 is 1.56 bits per heavy atom. The molecule has 1 atom stereocenters. The number of nitrogens with one attached hydrogen (secondary N) is 2. The smallest absolute Gasteiger partial charge is 0.228 e. The van der Waals surface area contributed by atoms with Gasteiger partial charge in [0, 0.05) is 12.6 Å². The summed E-state index contributed by atoms with van der Waals surface area (Å²) >= 11 is 0. The number of anilines is 1. The molecule has 1 heterocycles. The number of ether oxygens (including phenoxy) is 1. The van der Waals surface area contributed by atoms with Gasteiger partial charge in [0.25, 0.3) is 0 Å². The van der Waals surface area contributed by atoms with E-state index >= 15 is 0 Å². The molecular weight excluding hydrogens is 232 g/mol. The average Bonchev–Trinajstić information content (AvgIpc) is 2.42. The van der Waals surface area contributed by atoms with Gasteiger partial charge in [0.1, 0.15) is 11.5 Å². The van der Waals surface area contributed by atoms with Crippen LogP contribution in [-0.2, 0) is 4.79 Å². The lowest BCUT2D eigenvalue weighted by molar-refractivity contribution is -0.120. The minimum Gasteiger partial charge on any atom is -0.506 e. The monoisotopic (exact) mass is 250 g/mol. The molecule has 1 amide bonds. The van der Waals surface area contributed by atoms with E-state index in [0.717, 1.165) is 19.4 Å². The van der Waals surface area contributed by atoms with Gasteiger partial charge in [-0.2, -0.15) is 0 Å². The number of aromatic hydroxyl groups is 1. The fourth-order valence-corrected chi connectivity index (χ4v) is 2.05. The number of phenolic OH excluding ortho intramolecular Hbond substituents is 1. The minimum absolute atomic E-state index is 0.0199. The highest BCUT2D eigenvalue weighted by Crippen LogP contribution is 2.28. The normalized spacial score (nSPS) is 19.3. The summed E-state index contributed by atoms with van der Waals surface area (Å²) in [6.07, 6.45) is 1.89. The van der Waals surface area contributed by atoms with Crippen LogP contribution in [0.15, 0.2) is 18.2 Å². The van der Waals surface area contributed by atoms with Crippen LogP contribution < -0.4 is 15.4 Å². The summed E-state index contributed by atoms with van der Waals surface area (Å²) in [4.78, 5) is 12.0. The molecule has 98 valence electrons. The SMILES string of the molecule is COc1ccc(NC(=O)[C@@H]2CCCNC2)c(O)c1. The summed E-state index contributed by atoms with van der Waals surface area (Å²) in [6.45, 7) is 1.67. The van der Waals surface area contributed by atoms with Crippen molar-refractivity contribution in [2.45, 2.75) is 12.8 Å². The van der Waals surface area contributed by atoms with E-state index in [-0.39, 0.29) is 17.6 Å². The third-order valence-corrected chi connectivity index (χ3v) is 3.13. The Morgan fingerprint density at radius 3 is 3.00 bits per heavy atom. The van der Waals surface area contributed by atoms with Gasteiger partial charge in [-0.3, -0.25) is 4.79 Å². The lowest BCUT2D eigenvalue weighted by atomic mass is 9.99. The largest absolute Gasteiger partial charge is 0.506 e. The number of phenols is 1. The molecule has 1 aliphatic heterocycles. The second kappa shape index (κ2) is 5.73. The first-order valence-corrected chi connectivity index (χ1v) is 6.09. The maximum Gasteiger partial charge on any atom is 0.228 e. The second-order valence-electron chi connectivity index (χ2n) is 4.42. The van der Waals surface area contributed by atoms with Crippen LogP contribution in [0.3, 0.4) is 0 Å². The number of rotatable bonds is 3. The number of carbonyl (C=O) groups is 1. The molecule has 1 aromatic rings. The number of amides is 1. The van der Waals surface area contributed by atoms with Gasteiger partial charge >= 0.3 is 0 Å². The van der Waals surface area contributed by atoms with E-state index in [2.05, 4.69) is 10.6 Å². The standard InChI is InChI=1S/C13H18N2O3/c1-18-10-4-5-11(12(16)7-10)15-13(17)9-3-2-6-14-8-9/h4-5,7,9,14,16H,2-3,6,8H2,1H3,(H,15,17)/t9-/m1/s1. The summed E-state index contributed by atoms with van der Waals surface area (Å²) in [5.41, 5.74) is 0.423. The van der Waals surface area contributed by atoms with E-state index in [1.807, 2.05) is 0 Å². The topological polar surface area (TPSA) is 70.6 Å². The zero-order chi connectivity index (χ0) is 13.0. The number of hydrogen-bond donors (Lipinski definition) is 3. The van der Waals surface area contributed by atoms with Gasteiger partial charge in [-0.1, -0.05) is 0 Å². The van der Waals surface area contributed by atoms with Crippen molar-refractivity contribution in [1.82, 2.24) is 5.32 Å². The average molecular weight is 250 g/mol. The maximum absolute atomic E-state index is 12.0. The van der Waals surface area contributed by atoms with Crippen LogP contribution in [0.1, 0.15) is 12.8 Å². The van der Waals surface area contributed by atoms with E-state index < -0.39 is 0 Å². The molecule has 0 bridgehead atoms. The molecule has 1 aromatic carbocycles. The first kappa shape index (κ1) is 12.7. The van der Waals surface area contributed by atoms with Crippen LogP contribution in [0.25, 0.3) is 0 Å². The minimum atomic E-state index is -0.0531. The van der Waals surface area contributed by atoms with Crippen molar-refractivity contribution < 1.29 is 14.6 Å². The van der Waals surface area contributed by atoms with Crippen LogP contribution in [0.2, 0.25) is 0 Å². The van der Waals surface area contributed by atoms with Gasteiger partial charge < -0.3 is 20.5 Å². The fourth-order valence-electron chi connectivity index (χ4n) is 2.05. The first-order chi connectivity index (χ1) is 8.70. The van der Waals surface area contributed by atoms with Crippen LogP contribution in [0, 0.1) is 5.92 Å². The van der Waals surface area contributed by atoms with Crippen LogP contribution in [-0.4, -0.2) is 31.2 Å². The molecule has 5 nitrogen and oxygen atoms in total. The second-order valence-corrected chi connectivity index (χ2v) is 4.42. The lowest BCUT2D eigenvalue weighted by Gasteiger charge is -2.22. The summed E-state index contributed by atoms with van der Waals surface area (Å²) < 4.78 is 4.99. The highest BCUT2D eigenvalue weighted by molar-refractivity contribution is 5.94. The van der Waals surface area contributed by atoms with Gasteiger partial charge in [-0.15, -0.1) is 0 Å². The summed E-state index contributed by atoms with van der Waals surface area (Å²) in [5, 5.41) is 15.7. The van der Waals surface area contributed by atoms with Gasteiger partial charge in [0.15, 0.2) is 0 Å². The Kier molecular flexibility index (Phi) is 4.04. The number of piperidine rings is 1. The van der Waals surface area contributed by atoms with E-state index in [4.69, 9.17) is 4.74 Å². The number of hydrogen-bond acceptors (Lipinski definition) is 4. The van der Waals surface area contributed by atoms with Gasteiger partial charge in [-0.05, 0) is 31.5 Å².